The molecule has 0 N–H and O–H groups in total. The second-order valence-corrected chi connectivity index (χ2v) is 3.68. The summed E-state index contributed by atoms with van der Waals surface area (Å²) < 4.78 is 4.77. The molecule has 2 aromatic rings. The first kappa shape index (κ1) is 12.7. The van der Waals surface area contributed by atoms with Crippen molar-refractivity contribution in [2.45, 2.75) is 0 Å². The van der Waals surface area contributed by atoms with Crippen molar-refractivity contribution in [2.75, 3.05) is 0 Å². The van der Waals surface area contributed by atoms with Gasteiger partial charge in [0.15, 0.2) is 6.40 Å². The number of nitrogens with zero attached hydrogens (tertiary/aromatic N) is 1. The molecule has 1 amide bonds. The first-order valence-electron chi connectivity index (χ1n) is 5.65. The summed E-state index contributed by atoms with van der Waals surface area (Å²) in [6.07, 6.45) is 0.866. The molecule has 0 aliphatic carbocycles. The number of hydrogen-bond donors (Lipinski definition) is 0. The third-order valence-corrected chi connectivity index (χ3v) is 2.36. The van der Waals surface area contributed by atoms with E-state index >= 15 is 0 Å². The van der Waals surface area contributed by atoms with Crippen LogP contribution in [0.3, 0.4) is 0 Å². The van der Waals surface area contributed by atoms with Gasteiger partial charge in [-0.3, -0.25) is 4.79 Å². The number of esters is 1. The summed E-state index contributed by atoms with van der Waals surface area (Å²) in [6.45, 7) is 0. The van der Waals surface area contributed by atoms with Gasteiger partial charge in [0, 0.05) is 5.56 Å². The van der Waals surface area contributed by atoms with Crippen LogP contribution >= 0.6 is 0 Å². The number of hydrogen-bond acceptors (Lipinski definition) is 3. The van der Waals surface area contributed by atoms with Crippen LogP contribution in [0.25, 0.3) is 0 Å². The standard InChI is InChI=1S/C15H11NO3/c17-14(12-7-3-1-4-8-12)16-11-19-15(18)13-9-5-2-6-10-13/h1-11H. The molecule has 0 aliphatic rings. The van der Waals surface area contributed by atoms with Gasteiger partial charge in [0.1, 0.15) is 0 Å². The van der Waals surface area contributed by atoms with Crippen LogP contribution in [0.2, 0.25) is 0 Å². The number of carbonyl (C=O) groups is 2. The molecule has 0 radical (unpaired) electrons. The lowest BCUT2D eigenvalue weighted by molar-refractivity contribution is 0.0727. The van der Waals surface area contributed by atoms with Crippen molar-refractivity contribution in [3.05, 3.63) is 71.8 Å². The van der Waals surface area contributed by atoms with Crippen molar-refractivity contribution in [3.8, 4) is 0 Å². The Hall–Kier alpha value is -2.75. The molecular weight excluding hydrogens is 242 g/mol. The SMILES string of the molecule is O=C(N=COC(=O)c1ccccc1)c1ccccc1. The minimum absolute atomic E-state index is 0.404. The Balaban J connectivity index is 1.94. The zero-order valence-corrected chi connectivity index (χ0v) is 10.0. The fourth-order valence-corrected chi connectivity index (χ4v) is 1.42. The fraction of sp³-hybridized carbons (Fsp3) is 0. The molecule has 0 unspecified atom stereocenters. The Morgan fingerprint density at radius 1 is 0.842 bits per heavy atom. The van der Waals surface area contributed by atoms with Gasteiger partial charge in [0.2, 0.25) is 0 Å². The maximum Gasteiger partial charge on any atom is 0.344 e. The maximum atomic E-state index is 11.6. The van der Waals surface area contributed by atoms with Gasteiger partial charge in [0.05, 0.1) is 5.56 Å². The minimum atomic E-state index is -0.551. The first-order chi connectivity index (χ1) is 9.27. The molecule has 0 aromatic heterocycles. The van der Waals surface area contributed by atoms with Gasteiger partial charge in [0.25, 0.3) is 5.91 Å². The Morgan fingerprint density at radius 2 is 1.37 bits per heavy atom. The second kappa shape index (κ2) is 6.26. The molecule has 2 rings (SSSR count). The largest absolute Gasteiger partial charge is 0.411 e. The van der Waals surface area contributed by atoms with E-state index in [9.17, 15) is 9.59 Å². The summed E-state index contributed by atoms with van der Waals surface area (Å²) in [5.41, 5.74) is 0.843. The molecule has 2 aromatic carbocycles. The van der Waals surface area contributed by atoms with Gasteiger partial charge in [-0.25, -0.2) is 4.79 Å². The molecule has 4 heteroatoms. The van der Waals surface area contributed by atoms with Crippen LogP contribution in [-0.4, -0.2) is 18.3 Å². The number of ether oxygens (including phenoxy) is 1. The zero-order chi connectivity index (χ0) is 13.5. The number of amides is 1. The summed E-state index contributed by atoms with van der Waals surface area (Å²) in [6, 6.07) is 17.0. The van der Waals surface area contributed by atoms with Crippen LogP contribution in [-0.2, 0) is 4.74 Å². The molecule has 0 fully saturated rings. The highest BCUT2D eigenvalue weighted by Crippen LogP contribution is 2.02. The third kappa shape index (κ3) is 3.61. The summed E-state index contributed by atoms with van der Waals surface area (Å²) in [5, 5.41) is 0. The van der Waals surface area contributed by atoms with Crippen molar-refractivity contribution in [1.82, 2.24) is 0 Å². The zero-order valence-electron chi connectivity index (χ0n) is 10.0. The predicted octanol–water partition coefficient (Wildman–Crippen LogP) is 2.71. The van der Waals surface area contributed by atoms with Crippen LogP contribution in [0, 0.1) is 0 Å². The van der Waals surface area contributed by atoms with Crippen molar-refractivity contribution < 1.29 is 14.3 Å². The van der Waals surface area contributed by atoms with Gasteiger partial charge in [-0.2, -0.15) is 4.99 Å². The Bertz CT molecular complexity index is 591. The smallest absolute Gasteiger partial charge is 0.344 e. The Morgan fingerprint density at radius 3 is 1.95 bits per heavy atom. The highest BCUT2D eigenvalue weighted by molar-refractivity contribution is 6.00. The van der Waals surface area contributed by atoms with Crippen molar-refractivity contribution in [3.63, 3.8) is 0 Å². The molecule has 0 aliphatic heterocycles. The van der Waals surface area contributed by atoms with Crippen molar-refractivity contribution >= 4 is 18.3 Å². The number of carbonyl (C=O) groups excluding carboxylic acids is 2. The van der Waals surface area contributed by atoms with Gasteiger partial charge in [-0.15, -0.1) is 0 Å². The van der Waals surface area contributed by atoms with E-state index in [1.54, 1.807) is 60.7 Å². The molecule has 0 saturated heterocycles. The molecule has 0 saturated carbocycles. The van der Waals surface area contributed by atoms with Gasteiger partial charge < -0.3 is 4.74 Å². The average molecular weight is 253 g/mol. The number of benzene rings is 2. The highest BCUT2D eigenvalue weighted by atomic mass is 16.5. The van der Waals surface area contributed by atoms with Gasteiger partial charge in [-0.05, 0) is 24.3 Å². The van der Waals surface area contributed by atoms with Gasteiger partial charge >= 0.3 is 5.97 Å². The molecule has 0 atom stereocenters. The monoisotopic (exact) mass is 253 g/mol. The lowest BCUT2D eigenvalue weighted by Gasteiger charge is -1.97. The molecule has 0 heterocycles. The normalized spacial score (nSPS) is 10.3. The molecule has 19 heavy (non-hydrogen) atoms. The molecule has 0 spiro atoms. The van der Waals surface area contributed by atoms with E-state index in [1.165, 1.54) is 0 Å². The van der Waals surface area contributed by atoms with Crippen LogP contribution in [0.15, 0.2) is 65.7 Å². The quantitative estimate of drug-likeness (QED) is 0.480. The highest BCUT2D eigenvalue weighted by Gasteiger charge is 2.05. The lowest BCUT2D eigenvalue weighted by atomic mass is 10.2. The summed E-state index contributed by atoms with van der Waals surface area (Å²) in [4.78, 5) is 26.7. The van der Waals surface area contributed by atoms with Crippen LogP contribution in [0.5, 0.6) is 0 Å². The van der Waals surface area contributed by atoms with Crippen molar-refractivity contribution in [1.29, 1.82) is 0 Å². The third-order valence-electron chi connectivity index (χ3n) is 2.36. The predicted molar refractivity (Wildman–Crippen MR) is 71.1 cm³/mol. The van der Waals surface area contributed by atoms with Crippen LogP contribution in [0.1, 0.15) is 20.7 Å². The topological polar surface area (TPSA) is 55.7 Å². The van der Waals surface area contributed by atoms with Crippen LogP contribution < -0.4 is 0 Å². The van der Waals surface area contributed by atoms with E-state index < -0.39 is 11.9 Å². The van der Waals surface area contributed by atoms with Crippen LogP contribution in [0.4, 0.5) is 0 Å². The van der Waals surface area contributed by atoms with E-state index in [2.05, 4.69) is 4.99 Å². The van der Waals surface area contributed by atoms with Gasteiger partial charge in [-0.1, -0.05) is 36.4 Å². The van der Waals surface area contributed by atoms with Crippen molar-refractivity contribution in [2.24, 2.45) is 4.99 Å². The number of aliphatic imine (C=N–C) groups is 1. The van der Waals surface area contributed by atoms with E-state index in [4.69, 9.17) is 4.74 Å². The minimum Gasteiger partial charge on any atom is -0.411 e. The summed E-state index contributed by atoms with van der Waals surface area (Å²) in [7, 11) is 0. The lowest BCUT2D eigenvalue weighted by Crippen LogP contribution is -2.04. The Labute approximate surface area is 110 Å². The fourth-order valence-electron chi connectivity index (χ4n) is 1.42. The maximum absolute atomic E-state index is 11.6. The van der Waals surface area contributed by atoms with E-state index in [0.717, 1.165) is 6.40 Å². The van der Waals surface area contributed by atoms with E-state index in [1.807, 2.05) is 0 Å². The average Bonchev–Trinajstić information content (AvgIpc) is 2.49. The molecule has 94 valence electrons. The summed E-state index contributed by atoms with van der Waals surface area (Å²) >= 11 is 0. The van der Waals surface area contributed by atoms with E-state index in [0.29, 0.717) is 11.1 Å². The molecule has 0 bridgehead atoms. The summed E-state index contributed by atoms with van der Waals surface area (Å²) in [5.74, 6) is -1.01. The molecular formula is C15H11NO3. The first-order valence-corrected chi connectivity index (χ1v) is 5.65. The Kier molecular flexibility index (Phi) is 4.18. The number of rotatable bonds is 3. The molecule has 4 nitrogen and oxygen atoms in total. The van der Waals surface area contributed by atoms with E-state index in [-0.39, 0.29) is 0 Å². The second-order valence-electron chi connectivity index (χ2n) is 3.68.